The lowest BCUT2D eigenvalue weighted by Gasteiger charge is -2.44. The number of carbonyl (C=O) groups excluding carboxylic acids is 1. The Hall–Kier alpha value is -1.40. The number of hydrogen-bond donors (Lipinski definition) is 1. The molecule has 2 fully saturated rings. The number of piperidine rings is 1. The van der Waals surface area contributed by atoms with E-state index in [9.17, 15) is 9.90 Å². The van der Waals surface area contributed by atoms with E-state index < -0.39 is 6.10 Å². The van der Waals surface area contributed by atoms with Crippen LogP contribution in [0, 0.1) is 0 Å². The maximum Gasteiger partial charge on any atom is 0.246 e. The molecule has 2 aliphatic rings. The van der Waals surface area contributed by atoms with Crippen molar-refractivity contribution in [3.8, 4) is 0 Å². The van der Waals surface area contributed by atoms with Gasteiger partial charge in [0.05, 0.1) is 6.10 Å². The van der Waals surface area contributed by atoms with Crippen molar-refractivity contribution in [3.05, 3.63) is 40.9 Å². The van der Waals surface area contributed by atoms with E-state index in [0.717, 1.165) is 38.2 Å². The van der Waals surface area contributed by atoms with Crippen LogP contribution in [-0.2, 0) is 4.79 Å². The average Bonchev–Trinajstić information content (AvgIpc) is 2.61. The van der Waals surface area contributed by atoms with Crippen LogP contribution in [0.25, 0.3) is 6.08 Å². The Morgan fingerprint density at radius 1 is 1.20 bits per heavy atom. The molecule has 1 aromatic carbocycles. The first-order valence-electron chi connectivity index (χ1n) is 8.87. The monoisotopic (exact) mass is 363 g/mol. The molecule has 0 aromatic heterocycles. The molecule has 1 N–H and O–H groups in total. The molecule has 2 heterocycles. The topological polar surface area (TPSA) is 47.0 Å². The molecule has 5 nitrogen and oxygen atoms in total. The van der Waals surface area contributed by atoms with Crippen LogP contribution in [0.3, 0.4) is 0 Å². The number of aliphatic hydroxyl groups is 1. The minimum Gasteiger partial charge on any atom is -0.390 e. The second-order valence-electron chi connectivity index (χ2n) is 6.90. The highest BCUT2D eigenvalue weighted by molar-refractivity contribution is 6.32. The van der Waals surface area contributed by atoms with Gasteiger partial charge in [-0.2, -0.15) is 0 Å². The van der Waals surface area contributed by atoms with Crippen molar-refractivity contribution in [3.63, 3.8) is 0 Å². The van der Waals surface area contributed by atoms with Gasteiger partial charge in [0.1, 0.15) is 0 Å². The molecule has 0 spiro atoms. The summed E-state index contributed by atoms with van der Waals surface area (Å²) in [6.07, 6.45) is 3.61. The number of rotatable bonds is 3. The van der Waals surface area contributed by atoms with Gasteiger partial charge in [-0.05, 0) is 31.2 Å². The second kappa shape index (κ2) is 8.32. The lowest BCUT2D eigenvalue weighted by Crippen LogP contribution is -2.58. The summed E-state index contributed by atoms with van der Waals surface area (Å²) in [5.41, 5.74) is 0.824. The first-order valence-corrected chi connectivity index (χ1v) is 9.24. The Balaban J connectivity index is 1.55. The number of hydrogen-bond acceptors (Lipinski definition) is 4. The Kier molecular flexibility index (Phi) is 6.12. The van der Waals surface area contributed by atoms with Crippen LogP contribution in [0.15, 0.2) is 30.3 Å². The first kappa shape index (κ1) is 18.4. The van der Waals surface area contributed by atoms with Gasteiger partial charge < -0.3 is 14.9 Å². The largest absolute Gasteiger partial charge is 0.390 e. The maximum absolute atomic E-state index is 12.4. The maximum atomic E-state index is 12.4. The fraction of sp³-hybridized carbons (Fsp3) is 0.526. The minimum absolute atomic E-state index is 0.0733. The van der Waals surface area contributed by atoms with E-state index in [4.69, 9.17) is 11.6 Å². The van der Waals surface area contributed by atoms with Gasteiger partial charge in [0.15, 0.2) is 0 Å². The highest BCUT2D eigenvalue weighted by atomic mass is 35.5. The number of carbonyl (C=O) groups is 1. The zero-order valence-electron chi connectivity index (χ0n) is 14.6. The highest BCUT2D eigenvalue weighted by Crippen LogP contribution is 2.20. The summed E-state index contributed by atoms with van der Waals surface area (Å²) in [7, 11) is 2.13. The van der Waals surface area contributed by atoms with E-state index in [1.54, 1.807) is 23.1 Å². The zero-order chi connectivity index (χ0) is 17.8. The first-order chi connectivity index (χ1) is 12.0. The van der Waals surface area contributed by atoms with Gasteiger partial charge in [0.25, 0.3) is 0 Å². The third-order valence-electron chi connectivity index (χ3n) is 5.18. The van der Waals surface area contributed by atoms with Crippen LogP contribution in [0.5, 0.6) is 0 Å². The van der Waals surface area contributed by atoms with Crippen LogP contribution < -0.4 is 0 Å². The van der Waals surface area contributed by atoms with Crippen LogP contribution in [0.2, 0.25) is 5.02 Å². The van der Waals surface area contributed by atoms with Crippen molar-refractivity contribution in [1.29, 1.82) is 0 Å². The Bertz CT molecular complexity index is 629. The average molecular weight is 364 g/mol. The third kappa shape index (κ3) is 4.61. The fourth-order valence-electron chi connectivity index (χ4n) is 3.58. The van der Waals surface area contributed by atoms with Crippen molar-refractivity contribution in [2.24, 2.45) is 0 Å². The third-order valence-corrected chi connectivity index (χ3v) is 5.52. The lowest BCUT2D eigenvalue weighted by molar-refractivity contribution is -0.131. The van der Waals surface area contributed by atoms with Crippen LogP contribution in [-0.4, -0.2) is 84.2 Å². The van der Waals surface area contributed by atoms with Crippen LogP contribution >= 0.6 is 11.6 Å². The molecule has 1 amide bonds. The molecule has 2 saturated heterocycles. The van der Waals surface area contributed by atoms with Crippen molar-refractivity contribution >= 4 is 23.6 Å². The van der Waals surface area contributed by atoms with E-state index in [2.05, 4.69) is 16.8 Å². The van der Waals surface area contributed by atoms with Crippen LogP contribution in [0.4, 0.5) is 0 Å². The number of nitrogens with zero attached hydrogens (tertiary/aromatic N) is 3. The SMILES string of the molecule is CN1CCN([C@@H]2CCN(C(=O)/C=C/c3ccccc3Cl)C[C@H]2O)CC1. The summed E-state index contributed by atoms with van der Waals surface area (Å²) in [6, 6.07) is 7.59. The van der Waals surface area contributed by atoms with Crippen molar-refractivity contribution in [2.75, 3.05) is 46.3 Å². The number of aliphatic hydroxyl groups excluding tert-OH is 1. The Morgan fingerprint density at radius 2 is 1.92 bits per heavy atom. The summed E-state index contributed by atoms with van der Waals surface area (Å²) < 4.78 is 0. The van der Waals surface area contributed by atoms with Crippen molar-refractivity contribution in [2.45, 2.75) is 18.6 Å². The van der Waals surface area contributed by atoms with E-state index in [0.29, 0.717) is 18.1 Å². The molecule has 25 heavy (non-hydrogen) atoms. The summed E-state index contributed by atoms with van der Waals surface area (Å²) >= 11 is 6.11. The molecule has 136 valence electrons. The van der Waals surface area contributed by atoms with Gasteiger partial charge in [0.2, 0.25) is 5.91 Å². The van der Waals surface area contributed by atoms with Crippen molar-refractivity contribution in [1.82, 2.24) is 14.7 Å². The molecule has 2 atom stereocenters. The lowest BCUT2D eigenvalue weighted by atomic mass is 9.99. The number of halogens is 1. The molecular formula is C19H26ClN3O2. The summed E-state index contributed by atoms with van der Waals surface area (Å²) in [5, 5.41) is 11.2. The minimum atomic E-state index is -0.491. The number of likely N-dealkylation sites (tertiary alicyclic amines) is 1. The number of β-amino-alcohol motifs (C(OH)–C–C–N with tert-alkyl or cyclic N) is 1. The van der Waals surface area contributed by atoms with E-state index in [-0.39, 0.29) is 11.9 Å². The standard InChI is InChI=1S/C19H26ClN3O2/c1-21-10-12-22(13-11-21)17-8-9-23(14-18(17)24)19(25)7-6-15-4-2-3-5-16(15)20/h2-7,17-18,24H,8-14H2,1H3/b7-6+/t17-,18-/m1/s1. The number of likely N-dealkylation sites (N-methyl/N-ethyl adjacent to an activating group) is 1. The molecule has 0 saturated carbocycles. The molecule has 1 aromatic rings. The molecule has 0 aliphatic carbocycles. The molecule has 0 radical (unpaired) electrons. The zero-order valence-corrected chi connectivity index (χ0v) is 15.4. The number of amides is 1. The van der Waals surface area contributed by atoms with Crippen molar-refractivity contribution < 1.29 is 9.90 Å². The normalized spacial score (nSPS) is 26.3. The van der Waals surface area contributed by atoms with Gasteiger partial charge in [-0.1, -0.05) is 29.8 Å². The predicted molar refractivity (Wildman–Crippen MR) is 101 cm³/mol. The Morgan fingerprint density at radius 3 is 2.60 bits per heavy atom. The molecule has 0 bridgehead atoms. The molecule has 0 unspecified atom stereocenters. The summed E-state index contributed by atoms with van der Waals surface area (Å²) in [5.74, 6) is -0.0733. The summed E-state index contributed by atoms with van der Waals surface area (Å²) in [6.45, 7) is 5.11. The Labute approximate surface area is 154 Å². The highest BCUT2D eigenvalue weighted by Gasteiger charge is 2.34. The van der Waals surface area contributed by atoms with Gasteiger partial charge in [-0.15, -0.1) is 0 Å². The predicted octanol–water partition coefficient (Wildman–Crippen LogP) is 1.56. The van der Waals surface area contributed by atoms with E-state index >= 15 is 0 Å². The molecule has 3 rings (SSSR count). The van der Waals surface area contributed by atoms with Crippen LogP contribution in [0.1, 0.15) is 12.0 Å². The number of piperazine rings is 1. The smallest absolute Gasteiger partial charge is 0.246 e. The van der Waals surface area contributed by atoms with E-state index in [1.807, 2.05) is 18.2 Å². The van der Waals surface area contributed by atoms with Gasteiger partial charge >= 0.3 is 0 Å². The van der Waals surface area contributed by atoms with Gasteiger partial charge in [0, 0.05) is 56.4 Å². The molecule has 2 aliphatic heterocycles. The second-order valence-corrected chi connectivity index (χ2v) is 7.31. The molecular weight excluding hydrogens is 338 g/mol. The van der Waals surface area contributed by atoms with Gasteiger partial charge in [-0.3, -0.25) is 9.69 Å². The number of benzene rings is 1. The summed E-state index contributed by atoms with van der Waals surface area (Å²) in [4.78, 5) is 18.8. The molecule has 6 heteroatoms. The van der Waals surface area contributed by atoms with E-state index in [1.165, 1.54) is 0 Å². The van der Waals surface area contributed by atoms with Gasteiger partial charge in [-0.25, -0.2) is 0 Å². The fourth-order valence-corrected chi connectivity index (χ4v) is 3.77. The quantitative estimate of drug-likeness (QED) is 0.828.